The Morgan fingerprint density at radius 2 is 2.13 bits per heavy atom. The third kappa shape index (κ3) is 3.01. The van der Waals surface area contributed by atoms with E-state index in [1.807, 2.05) is 6.92 Å². The first kappa shape index (κ1) is 11.6. The average Bonchev–Trinajstić information content (AvgIpc) is 2.21. The summed E-state index contributed by atoms with van der Waals surface area (Å²) < 4.78 is 25.9. The summed E-state index contributed by atoms with van der Waals surface area (Å²) >= 11 is 0. The predicted octanol–water partition coefficient (Wildman–Crippen LogP) is 2.49. The molecule has 15 heavy (non-hydrogen) atoms. The molecule has 1 aromatic rings. The lowest BCUT2D eigenvalue weighted by Gasteiger charge is -2.11. The molecule has 0 aliphatic heterocycles. The Hall–Kier alpha value is -1.45. The number of benzene rings is 1. The lowest BCUT2D eigenvalue weighted by Crippen LogP contribution is -2.32. The maximum Gasteiger partial charge on any atom is 0.254 e. The van der Waals surface area contributed by atoms with Gasteiger partial charge in [0.25, 0.3) is 5.91 Å². The van der Waals surface area contributed by atoms with Gasteiger partial charge in [-0.15, -0.1) is 0 Å². The van der Waals surface area contributed by atoms with Gasteiger partial charge >= 0.3 is 0 Å². The molecule has 1 rings (SSSR count). The first-order valence-electron chi connectivity index (χ1n) is 4.80. The molecule has 4 heteroatoms. The van der Waals surface area contributed by atoms with E-state index < -0.39 is 17.5 Å². The maximum absolute atomic E-state index is 13.1. The summed E-state index contributed by atoms with van der Waals surface area (Å²) in [5.41, 5.74) is -0.254. The molecule has 0 radical (unpaired) electrons. The second-order valence-electron chi connectivity index (χ2n) is 3.41. The molecule has 0 aromatic heterocycles. The van der Waals surface area contributed by atoms with Gasteiger partial charge in [-0.05, 0) is 31.5 Å². The van der Waals surface area contributed by atoms with Gasteiger partial charge in [0, 0.05) is 6.04 Å². The number of carbonyl (C=O) groups excluding carboxylic acids is 1. The van der Waals surface area contributed by atoms with Gasteiger partial charge < -0.3 is 5.32 Å². The molecule has 0 spiro atoms. The van der Waals surface area contributed by atoms with Crippen LogP contribution >= 0.6 is 0 Å². The Kier molecular flexibility index (Phi) is 3.77. The average molecular weight is 213 g/mol. The number of nitrogens with one attached hydrogen (secondary N) is 1. The highest BCUT2D eigenvalue weighted by atomic mass is 19.1. The van der Waals surface area contributed by atoms with Crippen LogP contribution < -0.4 is 5.32 Å². The van der Waals surface area contributed by atoms with Crippen molar-refractivity contribution in [2.75, 3.05) is 0 Å². The van der Waals surface area contributed by atoms with Crippen molar-refractivity contribution in [2.45, 2.75) is 26.3 Å². The van der Waals surface area contributed by atoms with E-state index in [0.29, 0.717) is 0 Å². The standard InChI is InChI=1S/C11H13F2NO/c1-3-7(2)14-11(15)9-6-8(12)4-5-10(9)13/h4-7H,3H2,1-2H3,(H,14,15)/t7-/m1/s1. The fourth-order valence-corrected chi connectivity index (χ4v) is 1.08. The van der Waals surface area contributed by atoms with Crippen LogP contribution in [0.5, 0.6) is 0 Å². The van der Waals surface area contributed by atoms with E-state index in [9.17, 15) is 13.6 Å². The van der Waals surface area contributed by atoms with Crippen LogP contribution in [0.4, 0.5) is 8.78 Å². The highest BCUT2D eigenvalue weighted by Crippen LogP contribution is 2.09. The van der Waals surface area contributed by atoms with Gasteiger partial charge in [-0.3, -0.25) is 4.79 Å². The van der Waals surface area contributed by atoms with Gasteiger partial charge in [0.05, 0.1) is 5.56 Å². The van der Waals surface area contributed by atoms with Gasteiger partial charge in [0.15, 0.2) is 0 Å². The van der Waals surface area contributed by atoms with Crippen molar-refractivity contribution in [2.24, 2.45) is 0 Å². The molecule has 1 amide bonds. The van der Waals surface area contributed by atoms with Crippen molar-refractivity contribution in [1.29, 1.82) is 0 Å². The Morgan fingerprint density at radius 3 is 2.73 bits per heavy atom. The number of amides is 1. The quantitative estimate of drug-likeness (QED) is 0.821. The minimum atomic E-state index is -0.711. The molecule has 0 aliphatic carbocycles. The lowest BCUT2D eigenvalue weighted by molar-refractivity contribution is 0.0934. The highest BCUT2D eigenvalue weighted by Gasteiger charge is 2.13. The SMILES string of the molecule is CC[C@@H](C)NC(=O)c1cc(F)ccc1F. The van der Waals surface area contributed by atoms with Crippen molar-refractivity contribution in [3.63, 3.8) is 0 Å². The predicted molar refractivity (Wildman–Crippen MR) is 53.6 cm³/mol. The smallest absolute Gasteiger partial charge is 0.254 e. The highest BCUT2D eigenvalue weighted by molar-refractivity contribution is 5.94. The maximum atomic E-state index is 13.1. The van der Waals surface area contributed by atoms with Crippen molar-refractivity contribution in [3.8, 4) is 0 Å². The van der Waals surface area contributed by atoms with Crippen LogP contribution in [0.2, 0.25) is 0 Å². The summed E-state index contributed by atoms with van der Waals surface area (Å²) in [6, 6.07) is 2.77. The molecule has 0 heterocycles. The molecule has 0 unspecified atom stereocenters. The summed E-state index contributed by atoms with van der Waals surface area (Å²) in [5, 5.41) is 2.57. The first-order chi connectivity index (χ1) is 7.04. The van der Waals surface area contributed by atoms with Gasteiger partial charge in [-0.1, -0.05) is 6.92 Å². The van der Waals surface area contributed by atoms with E-state index in [1.165, 1.54) is 0 Å². The van der Waals surface area contributed by atoms with Crippen molar-refractivity contribution in [3.05, 3.63) is 35.4 Å². The van der Waals surface area contributed by atoms with E-state index in [1.54, 1.807) is 6.92 Å². The molecule has 0 bridgehead atoms. The Bertz CT molecular complexity index is 366. The summed E-state index contributed by atoms with van der Waals surface area (Å²) in [6.07, 6.45) is 0.739. The largest absolute Gasteiger partial charge is 0.350 e. The molecule has 1 atom stereocenters. The zero-order valence-corrected chi connectivity index (χ0v) is 8.68. The minimum absolute atomic E-state index is 0.0554. The lowest BCUT2D eigenvalue weighted by atomic mass is 10.1. The fraction of sp³-hybridized carbons (Fsp3) is 0.364. The van der Waals surface area contributed by atoms with E-state index >= 15 is 0 Å². The van der Waals surface area contributed by atoms with Crippen LogP contribution in [0, 0.1) is 11.6 Å². The summed E-state index contributed by atoms with van der Waals surface area (Å²) in [4.78, 5) is 11.5. The number of hydrogen-bond donors (Lipinski definition) is 1. The second-order valence-corrected chi connectivity index (χ2v) is 3.41. The number of hydrogen-bond acceptors (Lipinski definition) is 1. The molecular formula is C11H13F2NO. The van der Waals surface area contributed by atoms with Crippen LogP contribution in [-0.2, 0) is 0 Å². The molecule has 0 aliphatic rings. The van der Waals surface area contributed by atoms with Crippen LogP contribution in [0.25, 0.3) is 0 Å². The third-order valence-electron chi connectivity index (χ3n) is 2.16. The third-order valence-corrected chi connectivity index (χ3v) is 2.16. The first-order valence-corrected chi connectivity index (χ1v) is 4.80. The Balaban J connectivity index is 2.86. The van der Waals surface area contributed by atoms with Crippen LogP contribution in [-0.4, -0.2) is 11.9 Å². The van der Waals surface area contributed by atoms with Gasteiger partial charge in [-0.25, -0.2) is 8.78 Å². The van der Waals surface area contributed by atoms with E-state index in [0.717, 1.165) is 24.6 Å². The summed E-state index contributed by atoms with van der Waals surface area (Å²) in [5.74, 6) is -1.91. The Labute approximate surface area is 87.3 Å². The zero-order valence-electron chi connectivity index (χ0n) is 8.68. The number of rotatable bonds is 3. The van der Waals surface area contributed by atoms with Crippen molar-refractivity contribution >= 4 is 5.91 Å². The molecule has 1 N–H and O–H groups in total. The monoisotopic (exact) mass is 213 g/mol. The van der Waals surface area contributed by atoms with Gasteiger partial charge in [0.1, 0.15) is 11.6 Å². The number of halogens is 2. The van der Waals surface area contributed by atoms with E-state index in [4.69, 9.17) is 0 Å². The zero-order chi connectivity index (χ0) is 11.4. The van der Waals surface area contributed by atoms with Crippen molar-refractivity contribution < 1.29 is 13.6 Å². The van der Waals surface area contributed by atoms with Crippen LogP contribution in [0.3, 0.4) is 0 Å². The molecule has 82 valence electrons. The Morgan fingerprint density at radius 1 is 1.47 bits per heavy atom. The second kappa shape index (κ2) is 4.87. The topological polar surface area (TPSA) is 29.1 Å². The van der Waals surface area contributed by atoms with Gasteiger partial charge in [-0.2, -0.15) is 0 Å². The van der Waals surface area contributed by atoms with Crippen LogP contribution in [0.1, 0.15) is 30.6 Å². The van der Waals surface area contributed by atoms with E-state index in [-0.39, 0.29) is 11.6 Å². The van der Waals surface area contributed by atoms with Crippen molar-refractivity contribution in [1.82, 2.24) is 5.32 Å². The minimum Gasteiger partial charge on any atom is -0.350 e. The van der Waals surface area contributed by atoms with Gasteiger partial charge in [0.2, 0.25) is 0 Å². The normalized spacial score (nSPS) is 12.3. The molecule has 0 saturated carbocycles. The van der Waals surface area contributed by atoms with E-state index in [2.05, 4.69) is 5.32 Å². The van der Waals surface area contributed by atoms with Crippen LogP contribution in [0.15, 0.2) is 18.2 Å². The molecular weight excluding hydrogens is 200 g/mol. The molecule has 1 aromatic carbocycles. The number of carbonyl (C=O) groups is 1. The fourth-order valence-electron chi connectivity index (χ4n) is 1.08. The summed E-state index contributed by atoms with van der Waals surface area (Å²) in [6.45, 7) is 3.70. The molecule has 0 saturated heterocycles. The molecule has 0 fully saturated rings. The molecule has 2 nitrogen and oxygen atoms in total. The summed E-state index contributed by atoms with van der Waals surface area (Å²) in [7, 11) is 0.